The Bertz CT molecular complexity index is 538. The van der Waals surface area contributed by atoms with E-state index in [2.05, 4.69) is 5.32 Å². The first-order chi connectivity index (χ1) is 10.1. The first kappa shape index (κ1) is 14.2. The van der Waals surface area contributed by atoms with Crippen LogP contribution in [0.3, 0.4) is 0 Å². The summed E-state index contributed by atoms with van der Waals surface area (Å²) >= 11 is 0. The number of hydrogen-bond acceptors (Lipinski definition) is 4. The lowest BCUT2D eigenvalue weighted by molar-refractivity contribution is 0.0155. The third kappa shape index (κ3) is 2.83. The molecule has 0 spiro atoms. The topological polar surface area (TPSA) is 61.8 Å². The van der Waals surface area contributed by atoms with Crippen LogP contribution in [0.4, 0.5) is 5.69 Å². The second kappa shape index (κ2) is 5.56. The van der Waals surface area contributed by atoms with Crippen molar-refractivity contribution in [1.29, 1.82) is 0 Å². The van der Waals surface area contributed by atoms with E-state index in [1.165, 1.54) is 0 Å². The minimum atomic E-state index is -0.724. The van der Waals surface area contributed by atoms with Gasteiger partial charge >= 0.3 is 0 Å². The van der Waals surface area contributed by atoms with E-state index in [0.717, 1.165) is 37.9 Å². The molecule has 3 rings (SSSR count). The zero-order valence-electron chi connectivity index (χ0n) is 12.4. The number of carbonyl (C=O) groups excluding carboxylic acids is 1. The Labute approximate surface area is 124 Å². The normalized spacial score (nSPS) is 19.3. The fourth-order valence-electron chi connectivity index (χ4n) is 3.25. The highest BCUT2D eigenvalue weighted by Crippen LogP contribution is 2.33. The van der Waals surface area contributed by atoms with E-state index in [-0.39, 0.29) is 5.91 Å². The van der Waals surface area contributed by atoms with E-state index in [9.17, 15) is 9.90 Å². The largest absolute Gasteiger partial charge is 0.489 e. The maximum atomic E-state index is 12.7. The van der Waals surface area contributed by atoms with Gasteiger partial charge in [-0.05, 0) is 25.0 Å². The fourth-order valence-corrected chi connectivity index (χ4v) is 3.25. The van der Waals surface area contributed by atoms with Crippen LogP contribution in [0.25, 0.3) is 0 Å². The summed E-state index contributed by atoms with van der Waals surface area (Å²) in [6, 6.07) is 5.55. The Morgan fingerprint density at radius 2 is 2.19 bits per heavy atom. The molecular formula is C16H22N2O3. The highest BCUT2D eigenvalue weighted by Gasteiger charge is 2.34. The predicted octanol–water partition coefficient (Wildman–Crippen LogP) is 1.87. The third-order valence-electron chi connectivity index (χ3n) is 4.32. The van der Waals surface area contributed by atoms with Crippen LogP contribution in [0.2, 0.25) is 0 Å². The standard InChI is InChI=1S/C16H22N2O3/c1-18(11-16(20)7-2-3-8-16)15(19)12-5-4-6-13-14(12)21-10-9-17-13/h4-6,17,20H,2-3,7-11H2,1H3. The molecule has 0 atom stereocenters. The van der Waals surface area contributed by atoms with Crippen LogP contribution < -0.4 is 10.1 Å². The Kier molecular flexibility index (Phi) is 3.76. The smallest absolute Gasteiger partial charge is 0.257 e. The second-order valence-electron chi connectivity index (χ2n) is 6.05. The molecule has 5 heteroatoms. The molecule has 1 aromatic carbocycles. The summed E-state index contributed by atoms with van der Waals surface area (Å²) in [6.45, 7) is 1.69. The van der Waals surface area contributed by atoms with E-state index < -0.39 is 5.60 Å². The van der Waals surface area contributed by atoms with Crippen LogP contribution in [0, 0.1) is 0 Å². The highest BCUT2D eigenvalue weighted by molar-refractivity contribution is 5.98. The van der Waals surface area contributed by atoms with Crippen molar-refractivity contribution in [1.82, 2.24) is 4.90 Å². The lowest BCUT2D eigenvalue weighted by Gasteiger charge is -2.29. The number of nitrogens with zero attached hydrogens (tertiary/aromatic N) is 1. The van der Waals surface area contributed by atoms with Gasteiger partial charge in [0.15, 0.2) is 5.75 Å². The summed E-state index contributed by atoms with van der Waals surface area (Å²) in [5.74, 6) is 0.523. The van der Waals surface area contributed by atoms with Gasteiger partial charge in [-0.3, -0.25) is 4.79 Å². The molecule has 5 nitrogen and oxygen atoms in total. The molecule has 0 bridgehead atoms. The van der Waals surface area contributed by atoms with Gasteiger partial charge in [-0.2, -0.15) is 0 Å². The Balaban J connectivity index is 1.78. The number of anilines is 1. The number of carbonyl (C=O) groups is 1. The van der Waals surface area contributed by atoms with E-state index in [4.69, 9.17) is 4.74 Å². The van der Waals surface area contributed by atoms with Crippen LogP contribution in [0.15, 0.2) is 18.2 Å². The predicted molar refractivity (Wildman–Crippen MR) is 80.8 cm³/mol. The summed E-state index contributed by atoms with van der Waals surface area (Å²) in [5, 5.41) is 13.7. The van der Waals surface area contributed by atoms with Crippen LogP contribution in [-0.4, -0.2) is 48.3 Å². The molecule has 1 fully saturated rings. The van der Waals surface area contributed by atoms with E-state index in [0.29, 0.717) is 24.5 Å². The molecule has 1 saturated carbocycles. The first-order valence-electron chi connectivity index (χ1n) is 7.57. The van der Waals surface area contributed by atoms with Gasteiger partial charge in [-0.25, -0.2) is 0 Å². The number of amides is 1. The number of hydrogen-bond donors (Lipinski definition) is 2. The van der Waals surface area contributed by atoms with Crippen molar-refractivity contribution in [2.24, 2.45) is 0 Å². The zero-order chi connectivity index (χ0) is 14.9. The summed E-state index contributed by atoms with van der Waals surface area (Å²) in [4.78, 5) is 14.3. The number of para-hydroxylation sites is 1. The lowest BCUT2D eigenvalue weighted by Crippen LogP contribution is -2.42. The van der Waals surface area contributed by atoms with Gasteiger partial charge in [-0.15, -0.1) is 0 Å². The Morgan fingerprint density at radius 1 is 1.43 bits per heavy atom. The minimum absolute atomic E-state index is 0.101. The van der Waals surface area contributed by atoms with Gasteiger partial charge in [0.05, 0.1) is 16.9 Å². The molecule has 0 radical (unpaired) electrons. The Morgan fingerprint density at radius 3 is 2.95 bits per heavy atom. The quantitative estimate of drug-likeness (QED) is 0.892. The summed E-state index contributed by atoms with van der Waals surface area (Å²) in [7, 11) is 1.74. The molecule has 0 saturated heterocycles. The van der Waals surface area contributed by atoms with Gasteiger partial charge in [0.2, 0.25) is 0 Å². The molecule has 1 aromatic rings. The van der Waals surface area contributed by atoms with Gasteiger partial charge in [0.25, 0.3) is 5.91 Å². The highest BCUT2D eigenvalue weighted by atomic mass is 16.5. The molecule has 0 aromatic heterocycles. The molecule has 21 heavy (non-hydrogen) atoms. The van der Waals surface area contributed by atoms with Crippen LogP contribution in [0.5, 0.6) is 5.75 Å². The van der Waals surface area contributed by atoms with Crippen molar-refractivity contribution in [3.63, 3.8) is 0 Å². The molecule has 2 aliphatic rings. The van der Waals surface area contributed by atoms with Crippen LogP contribution >= 0.6 is 0 Å². The molecule has 1 heterocycles. The summed E-state index contributed by atoms with van der Waals surface area (Å²) in [6.07, 6.45) is 3.61. The number of rotatable bonds is 3. The van der Waals surface area contributed by atoms with Gasteiger partial charge in [0, 0.05) is 20.1 Å². The van der Waals surface area contributed by atoms with Gasteiger partial charge in [0.1, 0.15) is 6.61 Å². The maximum absolute atomic E-state index is 12.7. The lowest BCUT2D eigenvalue weighted by atomic mass is 10.0. The van der Waals surface area contributed by atoms with Gasteiger partial charge in [-0.1, -0.05) is 18.9 Å². The Hall–Kier alpha value is -1.75. The molecule has 1 aliphatic carbocycles. The number of ether oxygens (including phenoxy) is 1. The van der Waals surface area contributed by atoms with Crippen molar-refractivity contribution in [2.75, 3.05) is 32.1 Å². The fraction of sp³-hybridized carbons (Fsp3) is 0.562. The molecule has 1 aliphatic heterocycles. The van der Waals surface area contributed by atoms with Crippen molar-refractivity contribution in [3.05, 3.63) is 23.8 Å². The number of nitrogens with one attached hydrogen (secondary N) is 1. The molecule has 114 valence electrons. The SMILES string of the molecule is CN(CC1(O)CCCC1)C(=O)c1cccc2c1OCCN2. The van der Waals surface area contributed by atoms with Crippen molar-refractivity contribution in [3.8, 4) is 5.75 Å². The maximum Gasteiger partial charge on any atom is 0.257 e. The number of fused-ring (bicyclic) bond motifs is 1. The molecule has 1 amide bonds. The van der Waals surface area contributed by atoms with Crippen molar-refractivity contribution in [2.45, 2.75) is 31.3 Å². The first-order valence-corrected chi connectivity index (χ1v) is 7.57. The second-order valence-corrected chi connectivity index (χ2v) is 6.05. The van der Waals surface area contributed by atoms with Crippen molar-refractivity contribution < 1.29 is 14.6 Å². The summed E-state index contributed by atoms with van der Waals surface area (Å²) in [5.41, 5.74) is 0.696. The molecule has 2 N–H and O–H groups in total. The zero-order valence-corrected chi connectivity index (χ0v) is 12.4. The monoisotopic (exact) mass is 290 g/mol. The van der Waals surface area contributed by atoms with E-state index >= 15 is 0 Å². The number of likely N-dealkylation sites (N-methyl/N-ethyl adjacent to an activating group) is 1. The molecule has 0 unspecified atom stereocenters. The van der Waals surface area contributed by atoms with Crippen LogP contribution in [-0.2, 0) is 0 Å². The van der Waals surface area contributed by atoms with Gasteiger partial charge < -0.3 is 20.1 Å². The number of aliphatic hydroxyl groups is 1. The van der Waals surface area contributed by atoms with Crippen LogP contribution in [0.1, 0.15) is 36.0 Å². The molecular weight excluding hydrogens is 268 g/mol. The van der Waals surface area contributed by atoms with E-state index in [1.54, 1.807) is 18.0 Å². The third-order valence-corrected chi connectivity index (χ3v) is 4.32. The summed E-state index contributed by atoms with van der Waals surface area (Å²) < 4.78 is 5.65. The van der Waals surface area contributed by atoms with Crippen molar-refractivity contribution >= 4 is 11.6 Å². The average Bonchev–Trinajstić information content (AvgIpc) is 2.92. The number of benzene rings is 1. The average molecular weight is 290 g/mol. The minimum Gasteiger partial charge on any atom is -0.489 e. The van der Waals surface area contributed by atoms with E-state index in [1.807, 2.05) is 12.1 Å².